The van der Waals surface area contributed by atoms with E-state index < -0.39 is 0 Å². The summed E-state index contributed by atoms with van der Waals surface area (Å²) in [7, 11) is 0. The molecule has 1 amide bonds. The van der Waals surface area contributed by atoms with E-state index in [1.54, 1.807) is 0 Å². The van der Waals surface area contributed by atoms with E-state index in [1.165, 1.54) is 11.1 Å². The highest BCUT2D eigenvalue weighted by Gasteiger charge is 2.33. The molecule has 1 aromatic carbocycles. The van der Waals surface area contributed by atoms with E-state index in [1.807, 2.05) is 17.3 Å². The van der Waals surface area contributed by atoms with Crippen molar-refractivity contribution in [2.24, 2.45) is 5.92 Å². The van der Waals surface area contributed by atoms with Gasteiger partial charge in [0.25, 0.3) is 0 Å². The molecule has 0 saturated carbocycles. The minimum atomic E-state index is 0.0745. The van der Waals surface area contributed by atoms with Crippen LogP contribution < -0.4 is 4.90 Å². The molecule has 3 heterocycles. The monoisotopic (exact) mass is 281 g/mol. The second kappa shape index (κ2) is 4.72. The van der Waals surface area contributed by atoms with Gasteiger partial charge in [0.1, 0.15) is 5.82 Å². The maximum absolute atomic E-state index is 12.9. The van der Waals surface area contributed by atoms with Crippen molar-refractivity contribution in [2.45, 2.75) is 32.7 Å². The summed E-state index contributed by atoms with van der Waals surface area (Å²) in [6.45, 7) is 3.82. The molecule has 0 saturated heterocycles. The summed E-state index contributed by atoms with van der Waals surface area (Å²) in [5.41, 5.74) is 3.66. The molecule has 1 aromatic heterocycles. The van der Waals surface area contributed by atoms with Gasteiger partial charge in [0.15, 0.2) is 0 Å². The van der Waals surface area contributed by atoms with Crippen molar-refractivity contribution >= 4 is 11.6 Å². The molecule has 1 atom stereocenters. The molecule has 4 heteroatoms. The molecule has 21 heavy (non-hydrogen) atoms. The van der Waals surface area contributed by atoms with Crippen LogP contribution in [0, 0.1) is 12.8 Å². The van der Waals surface area contributed by atoms with Crippen molar-refractivity contribution in [2.75, 3.05) is 11.4 Å². The maximum Gasteiger partial charge on any atom is 0.230 e. The number of hydrogen-bond donors (Lipinski definition) is 0. The molecule has 0 fully saturated rings. The molecule has 4 rings (SSSR count). The van der Waals surface area contributed by atoms with E-state index in [0.29, 0.717) is 0 Å². The van der Waals surface area contributed by atoms with Crippen LogP contribution in [0.15, 0.2) is 30.6 Å². The fourth-order valence-electron chi connectivity index (χ4n) is 3.65. The molecule has 0 spiro atoms. The number of fused-ring (bicyclic) bond motifs is 2. The van der Waals surface area contributed by atoms with Crippen LogP contribution in [0.3, 0.4) is 0 Å². The summed E-state index contributed by atoms with van der Waals surface area (Å²) in [5, 5.41) is 0. The zero-order valence-corrected chi connectivity index (χ0v) is 12.2. The summed E-state index contributed by atoms with van der Waals surface area (Å²) in [5.74, 6) is 1.39. The number of nitrogens with zero attached hydrogens (tertiary/aromatic N) is 3. The Morgan fingerprint density at radius 3 is 3.14 bits per heavy atom. The number of benzene rings is 1. The second-order valence-electron chi connectivity index (χ2n) is 6.05. The first-order valence-electron chi connectivity index (χ1n) is 7.64. The van der Waals surface area contributed by atoms with Crippen molar-refractivity contribution in [1.29, 1.82) is 0 Å². The van der Waals surface area contributed by atoms with Crippen LogP contribution in [0.4, 0.5) is 5.69 Å². The molecule has 2 aliphatic heterocycles. The zero-order chi connectivity index (χ0) is 14.4. The summed E-state index contributed by atoms with van der Waals surface area (Å²) in [6.07, 6.45) is 6.50. The highest BCUT2D eigenvalue weighted by atomic mass is 16.2. The Morgan fingerprint density at radius 1 is 1.33 bits per heavy atom. The molecule has 108 valence electrons. The number of imidazole rings is 1. The topological polar surface area (TPSA) is 38.1 Å². The van der Waals surface area contributed by atoms with Crippen molar-refractivity contribution < 1.29 is 4.79 Å². The van der Waals surface area contributed by atoms with Gasteiger partial charge in [-0.15, -0.1) is 0 Å². The van der Waals surface area contributed by atoms with E-state index in [-0.39, 0.29) is 11.8 Å². The lowest BCUT2D eigenvalue weighted by atomic mass is 9.96. The molecule has 4 nitrogen and oxygen atoms in total. The number of aryl methyl sites for hydroxylation is 2. The van der Waals surface area contributed by atoms with Crippen LogP contribution in [-0.4, -0.2) is 22.0 Å². The number of hydrogen-bond acceptors (Lipinski definition) is 2. The number of aromatic nitrogens is 2. The lowest BCUT2D eigenvalue weighted by Gasteiger charge is -2.28. The number of carbonyl (C=O) groups excluding carboxylic acids is 1. The van der Waals surface area contributed by atoms with E-state index in [4.69, 9.17) is 0 Å². The normalized spacial score (nSPS) is 20.2. The lowest BCUT2D eigenvalue weighted by Crippen LogP contribution is -2.38. The third-order valence-corrected chi connectivity index (χ3v) is 4.76. The van der Waals surface area contributed by atoms with Gasteiger partial charge >= 0.3 is 0 Å². The lowest BCUT2D eigenvalue weighted by molar-refractivity contribution is -0.122. The van der Waals surface area contributed by atoms with Gasteiger partial charge < -0.3 is 9.47 Å². The SMILES string of the molecule is Cc1cccc2c1N(C(=O)C1CCn3ccnc3C1)CC2. The Balaban J connectivity index is 1.61. The molecule has 0 bridgehead atoms. The zero-order valence-electron chi connectivity index (χ0n) is 12.2. The van der Waals surface area contributed by atoms with Crippen LogP contribution >= 0.6 is 0 Å². The summed E-state index contributed by atoms with van der Waals surface area (Å²) < 4.78 is 2.16. The van der Waals surface area contributed by atoms with Gasteiger partial charge in [0.2, 0.25) is 5.91 Å². The van der Waals surface area contributed by atoms with Crippen LogP contribution in [0.25, 0.3) is 0 Å². The minimum Gasteiger partial charge on any atom is -0.335 e. The number of carbonyl (C=O) groups is 1. The van der Waals surface area contributed by atoms with E-state index in [0.717, 1.165) is 43.9 Å². The predicted octanol–water partition coefficient (Wildman–Crippen LogP) is 2.34. The van der Waals surface area contributed by atoms with E-state index in [2.05, 4.69) is 34.7 Å². The quantitative estimate of drug-likeness (QED) is 0.804. The van der Waals surface area contributed by atoms with E-state index >= 15 is 0 Å². The third kappa shape index (κ3) is 1.97. The fraction of sp³-hybridized carbons (Fsp3) is 0.412. The Hall–Kier alpha value is -2.10. The van der Waals surface area contributed by atoms with Crippen LogP contribution in [-0.2, 0) is 24.2 Å². The van der Waals surface area contributed by atoms with Crippen LogP contribution in [0.5, 0.6) is 0 Å². The standard InChI is InChI=1S/C17H19N3O/c1-12-3-2-4-13-6-9-20(16(12)13)17(21)14-5-8-19-10-7-18-15(19)11-14/h2-4,7,10,14H,5-6,8-9,11H2,1H3. The number of amides is 1. The molecule has 2 aliphatic rings. The Kier molecular flexibility index (Phi) is 2.84. The van der Waals surface area contributed by atoms with Gasteiger partial charge in [-0.25, -0.2) is 4.98 Å². The van der Waals surface area contributed by atoms with Crippen LogP contribution in [0.2, 0.25) is 0 Å². The average molecular weight is 281 g/mol. The van der Waals surface area contributed by atoms with Crippen molar-refractivity contribution in [3.05, 3.63) is 47.5 Å². The first kappa shape index (κ1) is 12.6. The molecule has 1 unspecified atom stereocenters. The average Bonchev–Trinajstić information content (AvgIpc) is 3.13. The molecule has 2 aromatic rings. The van der Waals surface area contributed by atoms with Crippen molar-refractivity contribution in [3.63, 3.8) is 0 Å². The van der Waals surface area contributed by atoms with Crippen molar-refractivity contribution in [1.82, 2.24) is 9.55 Å². The van der Waals surface area contributed by atoms with Gasteiger partial charge in [-0.3, -0.25) is 4.79 Å². The van der Waals surface area contributed by atoms with Gasteiger partial charge in [-0.2, -0.15) is 0 Å². The number of rotatable bonds is 1. The molecule has 0 aliphatic carbocycles. The predicted molar refractivity (Wildman–Crippen MR) is 81.3 cm³/mol. The largest absolute Gasteiger partial charge is 0.335 e. The van der Waals surface area contributed by atoms with Crippen molar-refractivity contribution in [3.8, 4) is 0 Å². The summed E-state index contributed by atoms with van der Waals surface area (Å²) >= 11 is 0. The summed E-state index contributed by atoms with van der Waals surface area (Å²) in [6, 6.07) is 6.32. The molecule has 0 radical (unpaired) electrons. The highest BCUT2D eigenvalue weighted by Crippen LogP contribution is 2.33. The molecular weight excluding hydrogens is 262 g/mol. The number of anilines is 1. The van der Waals surface area contributed by atoms with E-state index in [9.17, 15) is 4.79 Å². The Labute approximate surface area is 124 Å². The molecular formula is C17H19N3O. The van der Waals surface area contributed by atoms with Gasteiger partial charge in [-0.05, 0) is 30.9 Å². The smallest absolute Gasteiger partial charge is 0.230 e. The molecule has 0 N–H and O–H groups in total. The second-order valence-corrected chi connectivity index (χ2v) is 6.05. The van der Waals surface area contributed by atoms with Gasteiger partial charge in [0, 0.05) is 43.5 Å². The van der Waals surface area contributed by atoms with Gasteiger partial charge in [0.05, 0.1) is 0 Å². The fourth-order valence-corrected chi connectivity index (χ4v) is 3.65. The Morgan fingerprint density at radius 2 is 2.24 bits per heavy atom. The first-order chi connectivity index (χ1) is 10.2. The van der Waals surface area contributed by atoms with Gasteiger partial charge in [-0.1, -0.05) is 18.2 Å². The first-order valence-corrected chi connectivity index (χ1v) is 7.64. The highest BCUT2D eigenvalue weighted by molar-refractivity contribution is 5.98. The maximum atomic E-state index is 12.9. The van der Waals surface area contributed by atoms with Crippen LogP contribution in [0.1, 0.15) is 23.4 Å². The number of para-hydroxylation sites is 1. The summed E-state index contributed by atoms with van der Waals surface area (Å²) in [4.78, 5) is 19.3. The minimum absolute atomic E-state index is 0.0745. The Bertz CT molecular complexity index is 704. The third-order valence-electron chi connectivity index (χ3n) is 4.76.